The molecular weight excluding hydrogens is 356 g/mol. The van der Waals surface area contributed by atoms with Crippen LogP contribution in [0.15, 0.2) is 24.3 Å². The molecule has 1 heterocycles. The smallest absolute Gasteiger partial charge is 0.325 e. The van der Waals surface area contributed by atoms with Crippen molar-refractivity contribution in [3.63, 3.8) is 0 Å². The van der Waals surface area contributed by atoms with E-state index in [0.717, 1.165) is 18.7 Å². The minimum atomic E-state index is -0.485. The monoisotopic (exact) mass is 376 g/mol. The van der Waals surface area contributed by atoms with Gasteiger partial charge in [0, 0.05) is 37.3 Å². The molecule has 0 spiro atoms. The summed E-state index contributed by atoms with van der Waals surface area (Å²) in [6.07, 6.45) is 2.94. The molecule has 1 aliphatic rings. The van der Waals surface area contributed by atoms with Crippen LogP contribution in [0.25, 0.3) is 0 Å². The second kappa shape index (κ2) is 9.80. The summed E-state index contributed by atoms with van der Waals surface area (Å²) in [6.45, 7) is 4.67. The Balaban J connectivity index is 1.75. The lowest BCUT2D eigenvalue weighted by atomic mass is 10.1. The van der Waals surface area contributed by atoms with Crippen LogP contribution in [-0.4, -0.2) is 56.1 Å². The zero-order chi connectivity index (χ0) is 18.9. The lowest BCUT2D eigenvalue weighted by Gasteiger charge is -2.26. The number of piperazine rings is 1. The molecule has 1 aromatic carbocycles. The molecular formula is C18H21ClN4O3. The van der Waals surface area contributed by atoms with Crippen LogP contribution in [0.5, 0.6) is 0 Å². The molecule has 1 aliphatic heterocycles. The van der Waals surface area contributed by atoms with E-state index in [-0.39, 0.29) is 19.1 Å². The van der Waals surface area contributed by atoms with Crippen LogP contribution >= 0.6 is 11.6 Å². The summed E-state index contributed by atoms with van der Waals surface area (Å²) >= 11 is 5.98. The standard InChI is InChI=1S/C18H21ClN4O3/c1-13-9-16(14(11-20)10-15(13)19)22-12-18(25)26-8-2-3-17(24)23-6-4-21-5-7-23/h2-3,9-10,21-22H,4-8,12H2,1H3/b3-2-. The summed E-state index contributed by atoms with van der Waals surface area (Å²) in [6, 6.07) is 5.29. The number of halogens is 1. The number of carbonyl (C=O) groups is 2. The van der Waals surface area contributed by atoms with Crippen LogP contribution in [0, 0.1) is 18.3 Å². The van der Waals surface area contributed by atoms with Crippen molar-refractivity contribution in [2.75, 3.05) is 44.6 Å². The number of nitrogens with one attached hydrogen (secondary N) is 2. The van der Waals surface area contributed by atoms with Crippen LogP contribution in [-0.2, 0) is 14.3 Å². The average molecular weight is 377 g/mol. The summed E-state index contributed by atoms with van der Waals surface area (Å²) in [4.78, 5) is 25.4. The van der Waals surface area contributed by atoms with Crippen molar-refractivity contribution < 1.29 is 14.3 Å². The van der Waals surface area contributed by atoms with Crippen molar-refractivity contribution in [2.45, 2.75) is 6.92 Å². The zero-order valence-electron chi connectivity index (χ0n) is 14.5. The molecule has 7 nitrogen and oxygen atoms in total. The van der Waals surface area contributed by atoms with E-state index in [1.807, 2.05) is 13.0 Å². The van der Waals surface area contributed by atoms with E-state index in [1.54, 1.807) is 17.0 Å². The molecule has 2 rings (SSSR count). The number of anilines is 1. The Morgan fingerprint density at radius 2 is 2.15 bits per heavy atom. The highest BCUT2D eigenvalue weighted by Gasteiger charge is 2.13. The molecule has 1 saturated heterocycles. The molecule has 0 radical (unpaired) electrons. The third kappa shape index (κ3) is 5.76. The Kier molecular flexibility index (Phi) is 7.45. The Bertz CT molecular complexity index is 737. The molecule has 2 N–H and O–H groups in total. The van der Waals surface area contributed by atoms with E-state index >= 15 is 0 Å². The topological polar surface area (TPSA) is 94.5 Å². The van der Waals surface area contributed by atoms with E-state index in [0.29, 0.717) is 29.4 Å². The molecule has 0 atom stereocenters. The van der Waals surface area contributed by atoms with Gasteiger partial charge in [0.1, 0.15) is 19.2 Å². The first-order valence-corrected chi connectivity index (χ1v) is 8.65. The highest BCUT2D eigenvalue weighted by atomic mass is 35.5. The van der Waals surface area contributed by atoms with Crippen molar-refractivity contribution in [1.82, 2.24) is 10.2 Å². The Morgan fingerprint density at radius 1 is 1.42 bits per heavy atom. The quantitative estimate of drug-likeness (QED) is 0.576. The van der Waals surface area contributed by atoms with E-state index in [4.69, 9.17) is 21.6 Å². The molecule has 0 aliphatic carbocycles. The average Bonchev–Trinajstić information content (AvgIpc) is 2.66. The number of hydrogen-bond donors (Lipinski definition) is 2. The van der Waals surface area contributed by atoms with Gasteiger partial charge in [-0.25, -0.2) is 0 Å². The Labute approximate surface area is 157 Å². The number of esters is 1. The van der Waals surface area contributed by atoms with Gasteiger partial charge >= 0.3 is 5.97 Å². The lowest BCUT2D eigenvalue weighted by molar-refractivity contribution is -0.140. The molecule has 8 heteroatoms. The maximum absolute atomic E-state index is 11.9. The number of nitriles is 1. The Morgan fingerprint density at radius 3 is 2.85 bits per heavy atom. The van der Waals surface area contributed by atoms with Crippen molar-refractivity contribution in [3.8, 4) is 6.07 Å². The van der Waals surface area contributed by atoms with Crippen LogP contribution in [0.2, 0.25) is 5.02 Å². The Hall–Kier alpha value is -2.56. The minimum Gasteiger partial charge on any atom is -0.460 e. The highest BCUT2D eigenvalue weighted by molar-refractivity contribution is 6.31. The summed E-state index contributed by atoms with van der Waals surface area (Å²) in [5, 5.41) is 15.7. The van der Waals surface area contributed by atoms with Gasteiger partial charge < -0.3 is 20.3 Å². The lowest BCUT2D eigenvalue weighted by Crippen LogP contribution is -2.45. The summed E-state index contributed by atoms with van der Waals surface area (Å²) in [5.41, 5.74) is 1.68. The van der Waals surface area contributed by atoms with Crippen LogP contribution in [0.4, 0.5) is 5.69 Å². The number of amides is 1. The predicted molar refractivity (Wildman–Crippen MR) is 98.9 cm³/mol. The molecule has 1 aromatic rings. The maximum Gasteiger partial charge on any atom is 0.325 e. The molecule has 138 valence electrons. The van der Waals surface area contributed by atoms with E-state index < -0.39 is 5.97 Å². The summed E-state index contributed by atoms with van der Waals surface area (Å²) in [7, 11) is 0. The summed E-state index contributed by atoms with van der Waals surface area (Å²) < 4.78 is 5.05. The van der Waals surface area contributed by atoms with Crippen LogP contribution < -0.4 is 10.6 Å². The van der Waals surface area contributed by atoms with Gasteiger partial charge in [-0.2, -0.15) is 5.26 Å². The number of aryl methyl sites for hydroxylation is 1. The molecule has 0 bridgehead atoms. The van der Waals surface area contributed by atoms with Gasteiger partial charge in [-0.1, -0.05) is 11.6 Å². The molecule has 1 fully saturated rings. The number of hydrogen-bond acceptors (Lipinski definition) is 6. The van der Waals surface area contributed by atoms with Crippen molar-refractivity contribution in [1.29, 1.82) is 5.26 Å². The van der Waals surface area contributed by atoms with E-state index in [1.165, 1.54) is 12.2 Å². The fourth-order valence-electron chi connectivity index (χ4n) is 2.42. The molecule has 1 amide bonds. The second-order valence-corrected chi connectivity index (χ2v) is 6.18. The molecule has 0 aromatic heterocycles. The SMILES string of the molecule is Cc1cc(NCC(=O)OC/C=C\C(=O)N2CCNCC2)c(C#N)cc1Cl. The predicted octanol–water partition coefficient (Wildman–Crippen LogP) is 1.46. The first kappa shape index (κ1) is 19.8. The van der Waals surface area contributed by atoms with E-state index in [9.17, 15) is 9.59 Å². The largest absolute Gasteiger partial charge is 0.460 e. The third-order valence-corrected chi connectivity index (χ3v) is 4.28. The first-order valence-electron chi connectivity index (χ1n) is 8.27. The second-order valence-electron chi connectivity index (χ2n) is 5.77. The highest BCUT2D eigenvalue weighted by Crippen LogP contribution is 2.24. The van der Waals surface area contributed by atoms with E-state index in [2.05, 4.69) is 10.6 Å². The van der Waals surface area contributed by atoms with Gasteiger partial charge in [0.25, 0.3) is 0 Å². The van der Waals surface area contributed by atoms with Gasteiger partial charge in [0.05, 0.1) is 11.3 Å². The van der Waals surface area contributed by atoms with Gasteiger partial charge in [-0.3, -0.25) is 9.59 Å². The van der Waals surface area contributed by atoms with Crippen molar-refractivity contribution in [2.24, 2.45) is 0 Å². The molecule has 26 heavy (non-hydrogen) atoms. The van der Waals surface area contributed by atoms with Gasteiger partial charge in [0.15, 0.2) is 0 Å². The first-order chi connectivity index (χ1) is 12.5. The number of ether oxygens (including phenoxy) is 1. The van der Waals surface area contributed by atoms with Gasteiger partial charge in [0.2, 0.25) is 5.91 Å². The normalized spacial score (nSPS) is 14.1. The zero-order valence-corrected chi connectivity index (χ0v) is 15.3. The summed E-state index contributed by atoms with van der Waals surface area (Å²) in [5.74, 6) is -0.572. The van der Waals surface area contributed by atoms with Crippen LogP contribution in [0.3, 0.4) is 0 Å². The fraction of sp³-hybridized carbons (Fsp3) is 0.389. The third-order valence-electron chi connectivity index (χ3n) is 3.87. The molecule has 0 saturated carbocycles. The van der Waals surface area contributed by atoms with Crippen molar-refractivity contribution in [3.05, 3.63) is 40.4 Å². The number of carbonyl (C=O) groups excluding carboxylic acids is 2. The van der Waals surface area contributed by atoms with Crippen LogP contribution in [0.1, 0.15) is 11.1 Å². The fourth-order valence-corrected chi connectivity index (χ4v) is 2.58. The van der Waals surface area contributed by atoms with Crippen molar-refractivity contribution >= 4 is 29.2 Å². The minimum absolute atomic E-state index is 0.0170. The number of nitrogens with zero attached hydrogens (tertiary/aromatic N) is 2. The molecule has 0 unspecified atom stereocenters. The maximum atomic E-state index is 11.9. The van der Waals surface area contributed by atoms with Gasteiger partial charge in [-0.15, -0.1) is 0 Å². The van der Waals surface area contributed by atoms with Gasteiger partial charge in [-0.05, 0) is 30.7 Å². The number of rotatable bonds is 6. The number of benzene rings is 1.